The number of aromatic nitrogens is 3. The number of fused-ring (bicyclic) bond motifs is 1. The molecule has 0 aliphatic rings. The smallest absolute Gasteiger partial charge is 0.267 e. The Morgan fingerprint density at radius 2 is 1.93 bits per heavy atom. The lowest BCUT2D eigenvalue weighted by Gasteiger charge is -2.15. The molecule has 1 N–H and O–H groups in total. The van der Waals surface area contributed by atoms with Crippen LogP contribution in [0.4, 0.5) is 8.78 Å². The molecule has 2 aromatic heterocycles. The van der Waals surface area contributed by atoms with Crippen molar-refractivity contribution in [1.29, 1.82) is 0 Å². The van der Waals surface area contributed by atoms with Crippen LogP contribution >= 0.6 is 11.8 Å². The van der Waals surface area contributed by atoms with Gasteiger partial charge in [0.15, 0.2) is 5.16 Å². The third-order valence-corrected chi connectivity index (χ3v) is 5.58. The Kier molecular flexibility index (Phi) is 5.61. The summed E-state index contributed by atoms with van der Waals surface area (Å²) in [6.45, 7) is 1.89. The van der Waals surface area contributed by atoms with Crippen molar-refractivity contribution in [1.82, 2.24) is 14.5 Å². The first-order chi connectivity index (χ1) is 14.4. The van der Waals surface area contributed by atoms with Crippen LogP contribution in [0.5, 0.6) is 0 Å². The Morgan fingerprint density at radius 3 is 2.67 bits per heavy atom. The van der Waals surface area contributed by atoms with E-state index in [1.165, 1.54) is 10.6 Å². The second kappa shape index (κ2) is 8.33. The van der Waals surface area contributed by atoms with Crippen molar-refractivity contribution in [2.24, 2.45) is 0 Å². The predicted octanol–water partition coefficient (Wildman–Crippen LogP) is 4.19. The van der Waals surface area contributed by atoms with Gasteiger partial charge in [0.05, 0.1) is 17.0 Å². The van der Waals surface area contributed by atoms with Crippen molar-refractivity contribution in [3.05, 3.63) is 93.9 Å². The topological polar surface area (TPSA) is 68.0 Å². The monoisotopic (exact) mass is 425 g/mol. The summed E-state index contributed by atoms with van der Waals surface area (Å²) in [7, 11) is 0. The number of hydrogen-bond donors (Lipinski definition) is 1. The summed E-state index contributed by atoms with van der Waals surface area (Å²) >= 11 is 1.09. The van der Waals surface area contributed by atoms with Crippen LogP contribution in [0.15, 0.2) is 70.7 Å². The molecular formula is C22H17F2N3O2S. The first kappa shape index (κ1) is 20.2. The quantitative estimate of drug-likeness (QED) is 0.384. The Labute approximate surface area is 175 Å². The van der Waals surface area contributed by atoms with Crippen LogP contribution in [-0.2, 0) is 0 Å². The highest BCUT2D eigenvalue weighted by Gasteiger charge is 2.18. The maximum absolute atomic E-state index is 14.0. The van der Waals surface area contributed by atoms with Crippen LogP contribution in [0, 0.1) is 18.6 Å². The van der Waals surface area contributed by atoms with Gasteiger partial charge >= 0.3 is 0 Å². The number of pyridine rings is 1. The van der Waals surface area contributed by atoms with Crippen molar-refractivity contribution in [2.45, 2.75) is 18.2 Å². The highest BCUT2D eigenvalue weighted by Crippen LogP contribution is 2.27. The summed E-state index contributed by atoms with van der Waals surface area (Å²) in [5.74, 6) is -1.13. The third-order valence-electron chi connectivity index (χ3n) is 4.56. The average molecular weight is 425 g/mol. The van der Waals surface area contributed by atoms with Gasteiger partial charge in [-0.25, -0.2) is 23.3 Å². The molecule has 0 saturated carbocycles. The number of aryl methyl sites for hydroxylation is 1. The van der Waals surface area contributed by atoms with Gasteiger partial charge in [-0.15, -0.1) is 0 Å². The number of halogens is 2. The second-order valence-corrected chi connectivity index (χ2v) is 7.73. The zero-order valence-corrected chi connectivity index (χ0v) is 16.7. The van der Waals surface area contributed by atoms with Crippen LogP contribution in [-0.4, -0.2) is 25.4 Å². The minimum Gasteiger partial charge on any atom is -0.387 e. The number of para-hydroxylation sites is 1. The fraction of sp³-hybridized carbons (Fsp3) is 0.136. The maximum atomic E-state index is 14.0. The lowest BCUT2D eigenvalue weighted by molar-refractivity contribution is 0.198. The van der Waals surface area contributed by atoms with E-state index in [1.807, 2.05) is 13.0 Å². The van der Waals surface area contributed by atoms with Gasteiger partial charge < -0.3 is 5.11 Å². The van der Waals surface area contributed by atoms with Gasteiger partial charge in [-0.2, -0.15) is 0 Å². The normalized spacial score (nSPS) is 12.3. The first-order valence-electron chi connectivity index (χ1n) is 9.14. The van der Waals surface area contributed by atoms with Crippen molar-refractivity contribution in [2.75, 3.05) is 5.75 Å². The zero-order valence-electron chi connectivity index (χ0n) is 15.9. The summed E-state index contributed by atoms with van der Waals surface area (Å²) < 4.78 is 28.5. The van der Waals surface area contributed by atoms with Gasteiger partial charge in [-0.05, 0) is 36.8 Å². The first-order valence-corrected chi connectivity index (χ1v) is 10.1. The Morgan fingerprint density at radius 1 is 1.13 bits per heavy atom. The number of hydrogen-bond acceptors (Lipinski definition) is 5. The summed E-state index contributed by atoms with van der Waals surface area (Å²) in [4.78, 5) is 22.0. The number of benzene rings is 2. The van der Waals surface area contributed by atoms with Crippen LogP contribution in [0.1, 0.15) is 17.2 Å². The molecule has 0 radical (unpaired) electrons. The molecule has 152 valence electrons. The van der Waals surface area contributed by atoms with Gasteiger partial charge in [0.1, 0.15) is 17.5 Å². The molecule has 8 heteroatoms. The van der Waals surface area contributed by atoms with E-state index in [4.69, 9.17) is 0 Å². The van der Waals surface area contributed by atoms with E-state index in [1.54, 1.807) is 36.5 Å². The fourth-order valence-electron chi connectivity index (χ4n) is 3.02. The van der Waals surface area contributed by atoms with Gasteiger partial charge in [-0.1, -0.05) is 36.0 Å². The fourth-order valence-corrected chi connectivity index (χ4v) is 3.97. The van der Waals surface area contributed by atoms with E-state index in [9.17, 15) is 18.7 Å². The highest BCUT2D eigenvalue weighted by atomic mass is 32.2. The van der Waals surface area contributed by atoms with Gasteiger partial charge in [-0.3, -0.25) is 4.79 Å². The summed E-state index contributed by atoms with van der Waals surface area (Å²) in [6, 6.07) is 13.5. The van der Waals surface area contributed by atoms with Crippen molar-refractivity contribution in [3.8, 4) is 5.82 Å². The number of aliphatic hydroxyl groups excluding tert-OH is 1. The molecule has 0 aliphatic heterocycles. The minimum atomic E-state index is -1.21. The van der Waals surface area contributed by atoms with E-state index in [2.05, 4.69) is 9.97 Å². The molecule has 5 nitrogen and oxygen atoms in total. The molecule has 0 saturated heterocycles. The third kappa shape index (κ3) is 3.96. The zero-order chi connectivity index (χ0) is 21.3. The van der Waals surface area contributed by atoms with Gasteiger partial charge in [0.2, 0.25) is 0 Å². The van der Waals surface area contributed by atoms with Gasteiger partial charge in [0.25, 0.3) is 5.56 Å². The van der Waals surface area contributed by atoms with E-state index >= 15 is 0 Å². The summed E-state index contributed by atoms with van der Waals surface area (Å²) in [5.41, 5.74) is 1.14. The van der Waals surface area contributed by atoms with Crippen LogP contribution < -0.4 is 5.56 Å². The predicted molar refractivity (Wildman–Crippen MR) is 112 cm³/mol. The molecule has 0 bridgehead atoms. The van der Waals surface area contributed by atoms with Gasteiger partial charge in [0, 0.05) is 23.6 Å². The number of nitrogens with zero attached hydrogens (tertiary/aromatic N) is 3. The van der Waals surface area contributed by atoms with E-state index in [0.717, 1.165) is 29.5 Å². The summed E-state index contributed by atoms with van der Waals surface area (Å²) in [6.07, 6.45) is 0.437. The molecule has 1 atom stereocenters. The largest absolute Gasteiger partial charge is 0.387 e. The minimum absolute atomic E-state index is 0.0131. The highest BCUT2D eigenvalue weighted by molar-refractivity contribution is 7.99. The molecule has 0 aliphatic carbocycles. The molecule has 30 heavy (non-hydrogen) atoms. The Hall–Kier alpha value is -3.10. The Bertz CT molecular complexity index is 1280. The van der Waals surface area contributed by atoms with Crippen LogP contribution in [0.2, 0.25) is 0 Å². The molecule has 4 rings (SSSR count). The molecule has 1 unspecified atom stereocenters. The second-order valence-electron chi connectivity index (χ2n) is 6.74. The lowest BCUT2D eigenvalue weighted by atomic mass is 10.1. The molecule has 0 spiro atoms. The lowest BCUT2D eigenvalue weighted by Crippen LogP contribution is -2.23. The number of rotatable bonds is 5. The van der Waals surface area contributed by atoms with Crippen LogP contribution in [0.25, 0.3) is 16.7 Å². The van der Waals surface area contributed by atoms with E-state index in [0.29, 0.717) is 21.9 Å². The van der Waals surface area contributed by atoms with Crippen molar-refractivity contribution >= 4 is 22.7 Å². The molecule has 0 amide bonds. The molecular weight excluding hydrogens is 408 g/mol. The average Bonchev–Trinajstić information content (AvgIpc) is 2.73. The van der Waals surface area contributed by atoms with E-state index < -0.39 is 17.7 Å². The SMILES string of the molecule is Cc1ccc(-n2c(SCC(O)c3ccc(F)cc3F)nc3ccccc3c2=O)nc1. The molecule has 2 aromatic carbocycles. The van der Waals surface area contributed by atoms with Crippen molar-refractivity contribution < 1.29 is 13.9 Å². The van der Waals surface area contributed by atoms with Crippen molar-refractivity contribution in [3.63, 3.8) is 0 Å². The Balaban J connectivity index is 1.74. The molecule has 4 aromatic rings. The maximum Gasteiger partial charge on any atom is 0.267 e. The van der Waals surface area contributed by atoms with Crippen LogP contribution in [0.3, 0.4) is 0 Å². The molecule has 0 fully saturated rings. The molecule has 2 heterocycles. The number of aliphatic hydroxyl groups is 1. The standard InChI is InChI=1S/C22H17F2N3O2S/c1-13-6-9-20(25-11-13)27-21(29)16-4-2-3-5-18(16)26-22(27)30-12-19(28)15-8-7-14(23)10-17(15)24/h2-11,19,28H,12H2,1H3. The van der Waals surface area contributed by atoms with E-state index in [-0.39, 0.29) is 16.9 Å². The summed E-state index contributed by atoms with van der Waals surface area (Å²) in [5, 5.41) is 11.2. The number of thioether (sulfide) groups is 1.